The summed E-state index contributed by atoms with van der Waals surface area (Å²) in [5, 5.41) is 3.14. The number of carbonyl (C=O) groups is 3. The molecule has 9 nitrogen and oxygen atoms in total. The van der Waals surface area contributed by atoms with Crippen molar-refractivity contribution in [3.8, 4) is 0 Å². The highest BCUT2D eigenvalue weighted by Gasteiger charge is 2.55. The Kier molecular flexibility index (Phi) is 5.04. The van der Waals surface area contributed by atoms with E-state index in [-0.39, 0.29) is 49.4 Å². The molecule has 1 spiro atoms. The Bertz CT molecular complexity index is 953. The van der Waals surface area contributed by atoms with Crippen LogP contribution in [0, 0.1) is 0 Å². The van der Waals surface area contributed by atoms with Gasteiger partial charge in [0.25, 0.3) is 5.91 Å². The molecular formula is C18H21ClN4O5S. The molecule has 2 saturated heterocycles. The molecule has 3 aliphatic rings. The number of nitrogens with zero attached hydrogens (tertiary/aromatic N) is 3. The van der Waals surface area contributed by atoms with Crippen LogP contribution in [0.25, 0.3) is 0 Å². The Morgan fingerprint density at radius 3 is 2.21 bits per heavy atom. The van der Waals surface area contributed by atoms with Gasteiger partial charge in [0.05, 0.1) is 4.90 Å². The smallest absolute Gasteiger partial charge is 0.325 e. The van der Waals surface area contributed by atoms with E-state index in [0.29, 0.717) is 17.9 Å². The Morgan fingerprint density at radius 2 is 1.69 bits per heavy atom. The number of sulfonamides is 1. The largest absolute Gasteiger partial charge is 0.338 e. The molecule has 0 radical (unpaired) electrons. The van der Waals surface area contributed by atoms with E-state index in [9.17, 15) is 22.8 Å². The minimum Gasteiger partial charge on any atom is -0.338 e. The molecule has 2 aliphatic heterocycles. The van der Waals surface area contributed by atoms with Gasteiger partial charge in [0, 0.05) is 31.2 Å². The summed E-state index contributed by atoms with van der Waals surface area (Å²) >= 11 is 5.81. The second-order valence-corrected chi connectivity index (χ2v) is 9.87. The zero-order chi connectivity index (χ0) is 20.8. The molecule has 1 saturated carbocycles. The zero-order valence-corrected chi connectivity index (χ0v) is 17.2. The summed E-state index contributed by atoms with van der Waals surface area (Å²) in [6.45, 7) is 0.346. The first-order chi connectivity index (χ1) is 13.7. The summed E-state index contributed by atoms with van der Waals surface area (Å²) in [6, 6.07) is 5.39. The Morgan fingerprint density at radius 1 is 1.07 bits per heavy atom. The molecular weight excluding hydrogens is 420 g/mol. The van der Waals surface area contributed by atoms with Crippen LogP contribution in [0.15, 0.2) is 29.2 Å². The van der Waals surface area contributed by atoms with Crippen LogP contribution in [0.5, 0.6) is 0 Å². The molecule has 0 bridgehead atoms. The number of halogens is 1. The van der Waals surface area contributed by atoms with E-state index in [1.807, 2.05) is 0 Å². The summed E-state index contributed by atoms with van der Waals surface area (Å²) in [7, 11) is -3.67. The van der Waals surface area contributed by atoms with E-state index < -0.39 is 21.6 Å². The van der Waals surface area contributed by atoms with Gasteiger partial charge in [0.1, 0.15) is 12.1 Å². The summed E-state index contributed by atoms with van der Waals surface area (Å²) < 4.78 is 26.8. The first-order valence-corrected chi connectivity index (χ1v) is 11.2. The Balaban J connectivity index is 1.36. The van der Waals surface area contributed by atoms with Crippen LogP contribution < -0.4 is 5.32 Å². The first-order valence-electron chi connectivity index (χ1n) is 9.41. The van der Waals surface area contributed by atoms with E-state index >= 15 is 0 Å². The number of benzene rings is 1. The predicted octanol–water partition coefficient (Wildman–Crippen LogP) is 0.647. The standard InChI is InChI=1S/C18H21ClN4O5S/c19-13-2-4-14(5-3-13)29(27,28)22-10-8-21(9-11-22)15(24)12-23-16(25)18(6-1-7-18)20-17(23)26/h2-5H,1,6-12H2,(H,20,26). The fourth-order valence-electron chi connectivity index (χ4n) is 3.86. The van der Waals surface area contributed by atoms with Crippen LogP contribution in [-0.4, -0.2) is 78.6 Å². The van der Waals surface area contributed by atoms with Crippen molar-refractivity contribution in [2.75, 3.05) is 32.7 Å². The van der Waals surface area contributed by atoms with Crippen LogP contribution in [-0.2, 0) is 19.6 Å². The number of amides is 4. The number of imide groups is 1. The van der Waals surface area contributed by atoms with Crippen molar-refractivity contribution in [3.05, 3.63) is 29.3 Å². The van der Waals surface area contributed by atoms with Gasteiger partial charge < -0.3 is 10.2 Å². The molecule has 1 aliphatic carbocycles. The zero-order valence-electron chi connectivity index (χ0n) is 15.6. The van der Waals surface area contributed by atoms with Crippen molar-refractivity contribution in [2.45, 2.75) is 29.7 Å². The normalized spacial score (nSPS) is 22.0. The lowest BCUT2D eigenvalue weighted by Crippen LogP contribution is -2.54. The molecule has 11 heteroatoms. The third kappa shape index (κ3) is 3.49. The summed E-state index contributed by atoms with van der Waals surface area (Å²) in [5.74, 6) is -0.709. The fourth-order valence-corrected chi connectivity index (χ4v) is 5.41. The van der Waals surface area contributed by atoms with Crippen LogP contribution in [0.1, 0.15) is 19.3 Å². The van der Waals surface area contributed by atoms with E-state index in [0.717, 1.165) is 11.3 Å². The minimum atomic E-state index is -3.67. The molecule has 156 valence electrons. The maximum Gasteiger partial charge on any atom is 0.325 e. The Labute approximate surface area is 173 Å². The van der Waals surface area contributed by atoms with Crippen LogP contribution in [0.2, 0.25) is 5.02 Å². The highest BCUT2D eigenvalue weighted by Crippen LogP contribution is 2.37. The minimum absolute atomic E-state index is 0.140. The number of hydrogen-bond donors (Lipinski definition) is 1. The van der Waals surface area contributed by atoms with E-state index in [1.165, 1.54) is 33.5 Å². The fraction of sp³-hybridized carbons (Fsp3) is 0.500. The van der Waals surface area contributed by atoms with Gasteiger partial charge >= 0.3 is 6.03 Å². The molecule has 0 atom stereocenters. The average Bonchev–Trinajstić information content (AvgIpc) is 2.93. The lowest BCUT2D eigenvalue weighted by molar-refractivity contribution is -0.141. The second kappa shape index (κ2) is 7.26. The molecule has 0 unspecified atom stereocenters. The predicted molar refractivity (Wildman–Crippen MR) is 104 cm³/mol. The monoisotopic (exact) mass is 440 g/mol. The lowest BCUT2D eigenvalue weighted by Gasteiger charge is -2.36. The van der Waals surface area contributed by atoms with E-state index in [1.54, 1.807) is 0 Å². The molecule has 29 heavy (non-hydrogen) atoms. The molecule has 2 heterocycles. The summed E-state index contributed by atoms with van der Waals surface area (Å²) in [4.78, 5) is 39.8. The first kappa shape index (κ1) is 20.1. The van der Waals surface area contributed by atoms with Gasteiger partial charge in [0.15, 0.2) is 0 Å². The number of nitrogens with one attached hydrogen (secondary N) is 1. The van der Waals surface area contributed by atoms with Crippen molar-refractivity contribution in [1.82, 2.24) is 19.4 Å². The average molecular weight is 441 g/mol. The molecule has 4 rings (SSSR count). The van der Waals surface area contributed by atoms with Crippen LogP contribution in [0.4, 0.5) is 4.79 Å². The van der Waals surface area contributed by atoms with Gasteiger partial charge in [0.2, 0.25) is 15.9 Å². The number of hydrogen-bond acceptors (Lipinski definition) is 5. The van der Waals surface area contributed by atoms with Gasteiger partial charge in [-0.3, -0.25) is 14.5 Å². The van der Waals surface area contributed by atoms with Crippen molar-refractivity contribution in [3.63, 3.8) is 0 Å². The maximum atomic E-state index is 12.7. The topological polar surface area (TPSA) is 107 Å². The molecule has 3 fully saturated rings. The van der Waals surface area contributed by atoms with Gasteiger partial charge in [-0.1, -0.05) is 11.6 Å². The third-order valence-electron chi connectivity index (χ3n) is 5.79. The number of rotatable bonds is 4. The van der Waals surface area contributed by atoms with Crippen LogP contribution >= 0.6 is 11.6 Å². The summed E-state index contributed by atoms with van der Waals surface area (Å²) in [5.41, 5.74) is -0.817. The number of urea groups is 1. The molecule has 0 aromatic heterocycles. The quantitative estimate of drug-likeness (QED) is 0.691. The van der Waals surface area contributed by atoms with Gasteiger partial charge in [-0.2, -0.15) is 4.31 Å². The van der Waals surface area contributed by atoms with Crippen molar-refractivity contribution in [2.24, 2.45) is 0 Å². The molecule has 4 amide bonds. The van der Waals surface area contributed by atoms with Gasteiger partial charge in [-0.25, -0.2) is 13.2 Å². The summed E-state index contributed by atoms with van der Waals surface area (Å²) in [6.07, 6.45) is 2.07. The SMILES string of the molecule is O=C(CN1C(=O)NC2(CCC2)C1=O)N1CCN(S(=O)(=O)c2ccc(Cl)cc2)CC1. The number of piperazine rings is 1. The third-order valence-corrected chi connectivity index (χ3v) is 7.95. The van der Waals surface area contributed by atoms with Crippen molar-refractivity contribution in [1.29, 1.82) is 0 Å². The molecule has 1 aromatic rings. The molecule has 1 N–H and O–H groups in total. The highest BCUT2D eigenvalue weighted by molar-refractivity contribution is 7.89. The van der Waals surface area contributed by atoms with Gasteiger partial charge in [-0.15, -0.1) is 0 Å². The number of carbonyl (C=O) groups excluding carboxylic acids is 3. The van der Waals surface area contributed by atoms with E-state index in [4.69, 9.17) is 11.6 Å². The van der Waals surface area contributed by atoms with Gasteiger partial charge in [-0.05, 0) is 43.5 Å². The Hall–Kier alpha value is -2.17. The lowest BCUT2D eigenvalue weighted by atomic mass is 9.77. The second-order valence-electron chi connectivity index (χ2n) is 7.50. The van der Waals surface area contributed by atoms with E-state index in [2.05, 4.69) is 5.32 Å². The highest BCUT2D eigenvalue weighted by atomic mass is 35.5. The van der Waals surface area contributed by atoms with Crippen molar-refractivity contribution < 1.29 is 22.8 Å². The van der Waals surface area contributed by atoms with Crippen molar-refractivity contribution >= 4 is 39.5 Å². The molecule has 1 aromatic carbocycles. The maximum absolute atomic E-state index is 12.7. The van der Waals surface area contributed by atoms with Crippen LogP contribution in [0.3, 0.4) is 0 Å².